The van der Waals surface area contributed by atoms with Crippen LogP contribution in [0.3, 0.4) is 0 Å². The summed E-state index contributed by atoms with van der Waals surface area (Å²) in [6.07, 6.45) is 10.5. The number of hydrogen-bond acceptors (Lipinski definition) is 2. The smallest absolute Gasteiger partial charge is 0.220 e. The second-order valence-electron chi connectivity index (χ2n) is 6.55. The van der Waals surface area contributed by atoms with Crippen molar-refractivity contribution < 1.29 is 4.79 Å². The molecule has 2 aliphatic carbocycles. The predicted octanol–water partition coefficient (Wildman–Crippen LogP) is 2.96. The van der Waals surface area contributed by atoms with Gasteiger partial charge < -0.3 is 5.32 Å². The van der Waals surface area contributed by atoms with Crippen LogP contribution >= 0.6 is 0 Å². The monoisotopic (exact) mass is 272 g/mol. The quantitative estimate of drug-likeness (QED) is 0.895. The highest BCUT2D eigenvalue weighted by atomic mass is 16.1. The molecule has 20 heavy (non-hydrogen) atoms. The van der Waals surface area contributed by atoms with Crippen molar-refractivity contribution in [1.82, 2.24) is 10.3 Å². The third kappa shape index (κ3) is 3.02. The van der Waals surface area contributed by atoms with Crippen molar-refractivity contribution in [3.63, 3.8) is 0 Å². The number of fused-ring (bicyclic) bond motifs is 2. The minimum Gasteiger partial charge on any atom is -0.353 e. The zero-order chi connectivity index (χ0) is 13.9. The molecular formula is C17H24N2O. The zero-order valence-electron chi connectivity index (χ0n) is 12.2. The molecule has 2 aliphatic rings. The number of aromatic nitrogens is 1. The van der Waals surface area contributed by atoms with Gasteiger partial charge >= 0.3 is 0 Å². The fraction of sp³-hybridized carbons (Fsp3) is 0.647. The Balaban J connectivity index is 1.44. The number of rotatable bonds is 5. The Labute approximate surface area is 121 Å². The van der Waals surface area contributed by atoms with Gasteiger partial charge in [-0.15, -0.1) is 0 Å². The highest BCUT2D eigenvalue weighted by molar-refractivity contribution is 5.76. The van der Waals surface area contributed by atoms with E-state index in [-0.39, 0.29) is 5.91 Å². The van der Waals surface area contributed by atoms with Crippen LogP contribution < -0.4 is 5.32 Å². The van der Waals surface area contributed by atoms with Gasteiger partial charge in [-0.2, -0.15) is 0 Å². The Hall–Kier alpha value is -1.38. The Morgan fingerprint density at radius 3 is 2.80 bits per heavy atom. The van der Waals surface area contributed by atoms with E-state index in [1.54, 1.807) is 12.4 Å². The number of hydrogen-bond donors (Lipinski definition) is 1. The van der Waals surface area contributed by atoms with Gasteiger partial charge in [0.15, 0.2) is 0 Å². The van der Waals surface area contributed by atoms with Crippen LogP contribution in [0.5, 0.6) is 0 Å². The summed E-state index contributed by atoms with van der Waals surface area (Å²) in [6.45, 7) is 2.19. The Morgan fingerprint density at radius 1 is 1.35 bits per heavy atom. The molecule has 0 spiro atoms. The van der Waals surface area contributed by atoms with E-state index in [0.717, 1.165) is 24.2 Å². The van der Waals surface area contributed by atoms with Crippen molar-refractivity contribution in [2.24, 2.45) is 17.8 Å². The van der Waals surface area contributed by atoms with Gasteiger partial charge in [-0.25, -0.2) is 0 Å². The van der Waals surface area contributed by atoms with Crippen LogP contribution in [0.15, 0.2) is 24.5 Å². The van der Waals surface area contributed by atoms with E-state index in [9.17, 15) is 4.79 Å². The molecule has 2 saturated carbocycles. The predicted molar refractivity (Wildman–Crippen MR) is 79.1 cm³/mol. The standard InChI is InChI=1S/C17H24N2O/c1-12(16-11-14-2-4-15(16)10-14)19-17(20)5-3-13-6-8-18-9-7-13/h6-9,12,14-16H,2-5,10-11H2,1H3,(H,19,20)/t12-,14+,15+,16-/m1/s1. The molecule has 1 heterocycles. The number of amides is 1. The van der Waals surface area contributed by atoms with E-state index in [4.69, 9.17) is 0 Å². The third-order valence-electron chi connectivity index (χ3n) is 5.21. The topological polar surface area (TPSA) is 42.0 Å². The van der Waals surface area contributed by atoms with E-state index < -0.39 is 0 Å². The van der Waals surface area contributed by atoms with Gasteiger partial charge in [0, 0.05) is 24.9 Å². The first-order valence-electron chi connectivity index (χ1n) is 7.90. The van der Waals surface area contributed by atoms with Crippen LogP contribution in [0.2, 0.25) is 0 Å². The van der Waals surface area contributed by atoms with Crippen molar-refractivity contribution in [2.45, 2.75) is 51.5 Å². The summed E-state index contributed by atoms with van der Waals surface area (Å²) in [6, 6.07) is 4.30. The normalized spacial score (nSPS) is 29.4. The number of carbonyl (C=O) groups is 1. The second kappa shape index (κ2) is 5.94. The van der Waals surface area contributed by atoms with Gasteiger partial charge in [0.1, 0.15) is 0 Å². The lowest BCUT2D eigenvalue weighted by atomic mass is 9.84. The SMILES string of the molecule is C[C@@H](NC(=O)CCc1ccncc1)[C@H]1C[C@H]2CC[C@H]1C2. The number of nitrogens with one attached hydrogen (secondary N) is 1. The summed E-state index contributed by atoms with van der Waals surface area (Å²) in [5.74, 6) is 2.73. The maximum atomic E-state index is 12.1. The minimum atomic E-state index is 0.192. The number of carbonyl (C=O) groups excluding carboxylic acids is 1. The molecule has 2 fully saturated rings. The molecule has 1 amide bonds. The third-order valence-corrected chi connectivity index (χ3v) is 5.21. The molecule has 0 aliphatic heterocycles. The van der Waals surface area contributed by atoms with Crippen molar-refractivity contribution in [2.75, 3.05) is 0 Å². The molecule has 0 unspecified atom stereocenters. The molecule has 0 aromatic carbocycles. The molecule has 3 nitrogen and oxygen atoms in total. The minimum absolute atomic E-state index is 0.192. The molecule has 4 atom stereocenters. The van der Waals surface area contributed by atoms with Crippen LogP contribution in [0, 0.1) is 17.8 Å². The van der Waals surface area contributed by atoms with E-state index in [1.807, 2.05) is 12.1 Å². The number of aryl methyl sites for hydroxylation is 1. The van der Waals surface area contributed by atoms with Crippen molar-refractivity contribution in [1.29, 1.82) is 0 Å². The van der Waals surface area contributed by atoms with Crippen LogP contribution in [0.1, 0.15) is 44.6 Å². The molecule has 3 rings (SSSR count). The molecule has 1 aromatic rings. The van der Waals surface area contributed by atoms with Gasteiger partial charge in [-0.1, -0.05) is 6.42 Å². The molecule has 2 bridgehead atoms. The van der Waals surface area contributed by atoms with Gasteiger partial charge in [0.2, 0.25) is 5.91 Å². The Morgan fingerprint density at radius 2 is 2.15 bits per heavy atom. The molecular weight excluding hydrogens is 248 g/mol. The maximum Gasteiger partial charge on any atom is 0.220 e. The van der Waals surface area contributed by atoms with E-state index >= 15 is 0 Å². The molecule has 0 saturated heterocycles. The molecule has 1 N–H and O–H groups in total. The van der Waals surface area contributed by atoms with Gasteiger partial charge in [0.25, 0.3) is 0 Å². The number of pyridine rings is 1. The van der Waals surface area contributed by atoms with Crippen molar-refractivity contribution in [3.05, 3.63) is 30.1 Å². The lowest BCUT2D eigenvalue weighted by Gasteiger charge is -2.28. The summed E-state index contributed by atoms with van der Waals surface area (Å²) in [5, 5.41) is 3.22. The average Bonchev–Trinajstić information content (AvgIpc) is 3.09. The van der Waals surface area contributed by atoms with Gasteiger partial charge in [-0.05, 0) is 68.1 Å². The first-order valence-corrected chi connectivity index (χ1v) is 7.90. The van der Waals surface area contributed by atoms with Crippen LogP contribution in [0.4, 0.5) is 0 Å². The number of nitrogens with zero attached hydrogens (tertiary/aromatic N) is 1. The molecule has 3 heteroatoms. The Kier molecular flexibility index (Phi) is 4.04. The highest BCUT2D eigenvalue weighted by Crippen LogP contribution is 2.49. The van der Waals surface area contributed by atoms with Crippen LogP contribution in [-0.4, -0.2) is 16.9 Å². The lowest BCUT2D eigenvalue weighted by Crippen LogP contribution is -2.40. The average molecular weight is 272 g/mol. The van der Waals surface area contributed by atoms with Crippen molar-refractivity contribution in [3.8, 4) is 0 Å². The summed E-state index contributed by atoms with van der Waals surface area (Å²) in [4.78, 5) is 16.1. The summed E-state index contributed by atoms with van der Waals surface area (Å²) < 4.78 is 0. The second-order valence-corrected chi connectivity index (χ2v) is 6.55. The largest absolute Gasteiger partial charge is 0.353 e. The fourth-order valence-corrected chi connectivity index (χ4v) is 4.15. The Bertz CT molecular complexity index is 459. The molecule has 1 aromatic heterocycles. The van der Waals surface area contributed by atoms with E-state index in [0.29, 0.717) is 12.5 Å². The molecule has 108 valence electrons. The fourth-order valence-electron chi connectivity index (χ4n) is 4.15. The molecule has 0 radical (unpaired) electrons. The first-order chi connectivity index (χ1) is 9.72. The summed E-state index contributed by atoms with van der Waals surface area (Å²) in [5.41, 5.74) is 1.18. The van der Waals surface area contributed by atoms with Gasteiger partial charge in [0.05, 0.1) is 0 Å². The van der Waals surface area contributed by atoms with Crippen molar-refractivity contribution >= 4 is 5.91 Å². The van der Waals surface area contributed by atoms with Crippen LogP contribution in [0.25, 0.3) is 0 Å². The van der Waals surface area contributed by atoms with Crippen LogP contribution in [-0.2, 0) is 11.2 Å². The zero-order valence-corrected chi connectivity index (χ0v) is 12.2. The van der Waals surface area contributed by atoms with E-state index in [2.05, 4.69) is 17.2 Å². The summed E-state index contributed by atoms with van der Waals surface area (Å²) in [7, 11) is 0. The van der Waals surface area contributed by atoms with E-state index in [1.165, 1.54) is 31.2 Å². The first kappa shape index (κ1) is 13.6. The lowest BCUT2D eigenvalue weighted by molar-refractivity contribution is -0.122. The summed E-state index contributed by atoms with van der Waals surface area (Å²) >= 11 is 0. The van der Waals surface area contributed by atoms with Gasteiger partial charge in [-0.3, -0.25) is 9.78 Å². The maximum absolute atomic E-state index is 12.1. The highest BCUT2D eigenvalue weighted by Gasteiger charge is 2.41.